The number of para-hydroxylation sites is 2. The maximum absolute atomic E-state index is 4.83. The van der Waals surface area contributed by atoms with Gasteiger partial charge in [0.25, 0.3) is 0 Å². The van der Waals surface area contributed by atoms with Crippen LogP contribution in [0, 0.1) is 0 Å². The molecule has 0 saturated carbocycles. The predicted molar refractivity (Wildman–Crippen MR) is 233 cm³/mol. The van der Waals surface area contributed by atoms with Gasteiger partial charge >= 0.3 is 0 Å². The third kappa shape index (κ3) is 5.97. The lowest BCUT2D eigenvalue weighted by molar-refractivity contribution is 1.30. The summed E-state index contributed by atoms with van der Waals surface area (Å²) in [7, 11) is 0. The molecule has 1 heterocycles. The van der Waals surface area contributed by atoms with Crippen molar-refractivity contribution in [1.29, 1.82) is 0 Å². The van der Waals surface area contributed by atoms with Crippen LogP contribution in [0.2, 0.25) is 0 Å². The molecule has 0 N–H and O–H groups in total. The second-order valence-corrected chi connectivity index (χ2v) is 14.1. The van der Waals surface area contributed by atoms with E-state index in [9.17, 15) is 0 Å². The van der Waals surface area contributed by atoms with Crippen molar-refractivity contribution in [2.75, 3.05) is 9.80 Å². The van der Waals surface area contributed by atoms with Gasteiger partial charge in [-0.25, -0.2) is 0 Å². The molecule has 0 fully saturated rings. The molecule has 0 aliphatic rings. The number of rotatable bonds is 8. The summed E-state index contributed by atoms with van der Waals surface area (Å²) in [6.45, 7) is 0. The highest BCUT2D eigenvalue weighted by molar-refractivity contribution is 7.00. The molecule has 0 bridgehead atoms. The first-order chi connectivity index (χ1) is 27.3. The van der Waals surface area contributed by atoms with Crippen molar-refractivity contribution in [3.63, 3.8) is 0 Å². The van der Waals surface area contributed by atoms with Crippen molar-refractivity contribution in [3.05, 3.63) is 206 Å². The molecule has 260 valence electrons. The Morgan fingerprint density at radius 3 is 1.11 bits per heavy atom. The minimum absolute atomic E-state index is 0.912. The lowest BCUT2D eigenvalue weighted by atomic mass is 9.97. The zero-order chi connectivity index (χ0) is 36.6. The Hall–Kier alpha value is -7.08. The Kier molecular flexibility index (Phi) is 8.32. The Labute approximate surface area is 324 Å². The molecule has 9 aromatic carbocycles. The fourth-order valence-corrected chi connectivity index (χ4v) is 8.30. The maximum Gasteiger partial charge on any atom is 0.113 e. The Morgan fingerprint density at radius 1 is 0.309 bits per heavy atom. The van der Waals surface area contributed by atoms with Crippen LogP contribution >= 0.6 is 11.7 Å². The second-order valence-electron chi connectivity index (χ2n) is 13.6. The van der Waals surface area contributed by atoms with Crippen LogP contribution in [0.25, 0.3) is 54.8 Å². The van der Waals surface area contributed by atoms with Crippen molar-refractivity contribution in [2.45, 2.75) is 0 Å². The van der Waals surface area contributed by atoms with E-state index in [-0.39, 0.29) is 0 Å². The van der Waals surface area contributed by atoms with Crippen LogP contribution in [-0.4, -0.2) is 8.75 Å². The lowest BCUT2D eigenvalue weighted by Gasteiger charge is -2.27. The highest BCUT2D eigenvalue weighted by Crippen LogP contribution is 2.42. The molecule has 0 radical (unpaired) electrons. The molecule has 0 amide bonds. The van der Waals surface area contributed by atoms with E-state index in [4.69, 9.17) is 8.75 Å². The number of hydrogen-bond donors (Lipinski definition) is 0. The van der Waals surface area contributed by atoms with Crippen molar-refractivity contribution >= 4 is 78.4 Å². The fraction of sp³-hybridized carbons (Fsp3) is 0. The molecule has 55 heavy (non-hydrogen) atoms. The Balaban J connectivity index is 1.00. The number of fused-ring (bicyclic) bond motifs is 3. The van der Waals surface area contributed by atoms with Crippen molar-refractivity contribution < 1.29 is 0 Å². The molecule has 0 unspecified atom stereocenters. The van der Waals surface area contributed by atoms with Gasteiger partial charge in [0, 0.05) is 44.6 Å². The molecule has 10 aromatic rings. The molecule has 0 saturated heterocycles. The van der Waals surface area contributed by atoms with Gasteiger partial charge in [-0.1, -0.05) is 146 Å². The molecular formula is C50H34N4S. The third-order valence-electron chi connectivity index (χ3n) is 10.3. The zero-order valence-corrected chi connectivity index (χ0v) is 30.6. The summed E-state index contributed by atoms with van der Waals surface area (Å²) >= 11 is 1.26. The topological polar surface area (TPSA) is 32.3 Å². The van der Waals surface area contributed by atoms with Crippen LogP contribution in [0.15, 0.2) is 206 Å². The Morgan fingerprint density at radius 2 is 0.673 bits per heavy atom. The molecular weight excluding hydrogens is 689 g/mol. The standard InChI is InChI=1S/C50H34N4S/c1-3-17-39(18-4-1)53(47-23-11-15-35-13-7-9-21-43(35)47)41-29-25-37(26-30-41)45-33-34-46(50-49(45)51-55-52-50)38-27-31-42(32-28-38)54(40-19-5-2-6-20-40)48-24-12-16-36-14-8-10-22-44(36)48/h1-34H. The molecule has 4 nitrogen and oxygen atoms in total. The summed E-state index contributed by atoms with van der Waals surface area (Å²) in [6, 6.07) is 73.2. The molecule has 5 heteroatoms. The first-order valence-electron chi connectivity index (χ1n) is 18.4. The fourth-order valence-electron chi connectivity index (χ4n) is 7.73. The van der Waals surface area contributed by atoms with E-state index < -0.39 is 0 Å². The molecule has 0 aliphatic carbocycles. The van der Waals surface area contributed by atoms with Gasteiger partial charge < -0.3 is 9.80 Å². The second kappa shape index (κ2) is 14.0. The summed E-state index contributed by atoms with van der Waals surface area (Å²) in [5.41, 5.74) is 12.8. The third-order valence-corrected chi connectivity index (χ3v) is 10.9. The highest BCUT2D eigenvalue weighted by Gasteiger charge is 2.19. The predicted octanol–water partition coefficient (Wildman–Crippen LogP) is 14.3. The molecule has 0 aliphatic heterocycles. The average molecular weight is 723 g/mol. The summed E-state index contributed by atoms with van der Waals surface area (Å²) in [6.07, 6.45) is 0. The molecule has 0 atom stereocenters. The van der Waals surface area contributed by atoms with Crippen LogP contribution in [-0.2, 0) is 0 Å². The quantitative estimate of drug-likeness (QED) is 0.156. The summed E-state index contributed by atoms with van der Waals surface area (Å²) in [5.74, 6) is 0. The van der Waals surface area contributed by atoms with Crippen LogP contribution < -0.4 is 9.80 Å². The normalized spacial score (nSPS) is 11.3. The van der Waals surface area contributed by atoms with E-state index >= 15 is 0 Å². The summed E-state index contributed by atoms with van der Waals surface area (Å²) in [4.78, 5) is 4.66. The highest BCUT2D eigenvalue weighted by atomic mass is 32.1. The van der Waals surface area contributed by atoms with Crippen LogP contribution in [0.5, 0.6) is 0 Å². The number of benzene rings is 9. The number of nitrogens with zero attached hydrogens (tertiary/aromatic N) is 4. The van der Waals surface area contributed by atoms with Crippen molar-refractivity contribution in [2.24, 2.45) is 0 Å². The van der Waals surface area contributed by atoms with Crippen LogP contribution in [0.3, 0.4) is 0 Å². The average Bonchev–Trinajstić information content (AvgIpc) is 3.76. The van der Waals surface area contributed by atoms with Gasteiger partial charge in [-0.3, -0.25) is 0 Å². The van der Waals surface area contributed by atoms with E-state index in [0.717, 1.165) is 67.4 Å². The van der Waals surface area contributed by atoms with Crippen molar-refractivity contribution in [3.8, 4) is 22.3 Å². The lowest BCUT2D eigenvalue weighted by Crippen LogP contribution is -2.10. The maximum atomic E-state index is 4.83. The van der Waals surface area contributed by atoms with Gasteiger partial charge in [0.2, 0.25) is 0 Å². The van der Waals surface area contributed by atoms with Gasteiger partial charge in [-0.15, -0.1) is 0 Å². The van der Waals surface area contributed by atoms with Gasteiger partial charge in [-0.2, -0.15) is 8.75 Å². The van der Waals surface area contributed by atoms with E-state index in [0.29, 0.717) is 0 Å². The monoisotopic (exact) mass is 722 g/mol. The van der Waals surface area contributed by atoms with Gasteiger partial charge in [0.1, 0.15) is 11.0 Å². The zero-order valence-electron chi connectivity index (χ0n) is 29.8. The molecule has 0 spiro atoms. The van der Waals surface area contributed by atoms with Gasteiger partial charge in [0.15, 0.2) is 0 Å². The summed E-state index contributed by atoms with van der Waals surface area (Å²) in [5, 5.41) is 4.84. The van der Waals surface area contributed by atoms with E-state index in [1.165, 1.54) is 33.3 Å². The first-order valence-corrected chi connectivity index (χ1v) is 19.2. The van der Waals surface area contributed by atoms with Gasteiger partial charge in [0.05, 0.1) is 23.1 Å². The molecule has 1 aromatic heterocycles. The summed E-state index contributed by atoms with van der Waals surface area (Å²) < 4.78 is 9.67. The minimum atomic E-state index is 0.912. The Bertz CT molecular complexity index is 2710. The number of aromatic nitrogens is 2. The largest absolute Gasteiger partial charge is 0.310 e. The van der Waals surface area contributed by atoms with E-state index in [1.54, 1.807) is 0 Å². The van der Waals surface area contributed by atoms with Crippen LogP contribution in [0.1, 0.15) is 0 Å². The van der Waals surface area contributed by atoms with Gasteiger partial charge in [-0.05, 0) is 82.6 Å². The minimum Gasteiger partial charge on any atom is -0.310 e. The molecule has 10 rings (SSSR count). The number of hydrogen-bond acceptors (Lipinski definition) is 5. The van der Waals surface area contributed by atoms with E-state index in [1.807, 2.05) is 0 Å². The smallest absolute Gasteiger partial charge is 0.113 e. The first kappa shape index (κ1) is 32.6. The SMILES string of the molecule is c1ccc(N(c2ccc(-c3ccc(-c4ccc(N(c5ccccc5)c5cccc6ccccc56)cc4)c4nsnc34)cc2)c2cccc3ccccc23)cc1. The van der Waals surface area contributed by atoms with E-state index in [2.05, 4.69) is 216 Å². The van der Waals surface area contributed by atoms with Crippen molar-refractivity contribution in [1.82, 2.24) is 8.75 Å². The number of anilines is 6. The van der Waals surface area contributed by atoms with Crippen LogP contribution in [0.4, 0.5) is 34.1 Å².